The highest BCUT2D eigenvalue weighted by Gasteiger charge is 2.52. The summed E-state index contributed by atoms with van der Waals surface area (Å²) in [6, 6.07) is 3.63. The van der Waals surface area contributed by atoms with Gasteiger partial charge >= 0.3 is 7.12 Å². The highest BCUT2D eigenvalue weighted by atomic mass is 35.5. The highest BCUT2D eigenvalue weighted by Crippen LogP contribution is 2.38. The minimum Gasteiger partial charge on any atom is -0.400 e. The van der Waals surface area contributed by atoms with E-state index in [4.69, 9.17) is 26.2 Å². The maximum Gasteiger partial charge on any atom is 0.492 e. The van der Waals surface area contributed by atoms with Crippen LogP contribution in [-0.2, 0) is 14.1 Å². The van der Waals surface area contributed by atoms with Crippen molar-refractivity contribution < 1.29 is 14.1 Å². The Labute approximate surface area is 153 Å². The summed E-state index contributed by atoms with van der Waals surface area (Å²) in [7, 11) is -0.613. The largest absolute Gasteiger partial charge is 0.492 e. The number of nitrogens with zero attached hydrogens (tertiary/aromatic N) is 2. The molecule has 1 aromatic heterocycles. The smallest absolute Gasteiger partial charge is 0.400 e. The van der Waals surface area contributed by atoms with Crippen molar-refractivity contribution in [3.8, 4) is 6.07 Å². The normalized spacial score (nSPS) is 18.8. The topological polar surface area (TPSA) is 84.2 Å². The summed E-state index contributed by atoms with van der Waals surface area (Å²) in [5.41, 5.74) is 0.688. The molecule has 1 saturated heterocycles. The number of hydrogen-bond donors (Lipinski definition) is 1. The summed E-state index contributed by atoms with van der Waals surface area (Å²) in [5.74, 6) is -0.158. The predicted octanol–water partition coefficient (Wildman–Crippen LogP) is 2.76. The molecule has 0 radical (unpaired) electrons. The Morgan fingerprint density at radius 3 is 2.52 bits per heavy atom. The molecule has 2 heterocycles. The monoisotopic (exact) mass is 361 g/mol. The lowest BCUT2D eigenvalue weighted by Crippen LogP contribution is -2.41. The molecule has 2 rings (SSSR count). The minimum atomic E-state index is -0.613. The molecule has 0 aromatic carbocycles. The molecule has 8 heteroatoms. The zero-order chi connectivity index (χ0) is 18.8. The summed E-state index contributed by atoms with van der Waals surface area (Å²) in [4.78, 5) is 15.3. The van der Waals surface area contributed by atoms with E-state index in [0.717, 1.165) is 5.47 Å². The molecule has 25 heavy (non-hydrogen) atoms. The van der Waals surface area contributed by atoms with Gasteiger partial charge in [0.15, 0.2) is 0 Å². The van der Waals surface area contributed by atoms with Crippen molar-refractivity contribution in [2.45, 2.75) is 45.8 Å². The van der Waals surface area contributed by atoms with Gasteiger partial charge in [-0.3, -0.25) is 4.79 Å². The molecule has 1 aromatic rings. The van der Waals surface area contributed by atoms with Crippen molar-refractivity contribution in [1.29, 1.82) is 5.26 Å². The summed E-state index contributed by atoms with van der Waals surface area (Å²) in [5, 5.41) is 12.0. The van der Waals surface area contributed by atoms with E-state index in [1.54, 1.807) is 18.3 Å². The van der Waals surface area contributed by atoms with Gasteiger partial charge in [-0.05, 0) is 44.8 Å². The quantitative estimate of drug-likeness (QED) is 0.658. The molecule has 1 amide bonds. The lowest BCUT2D eigenvalue weighted by Gasteiger charge is -2.32. The SMILES string of the molecule is CC(=O)NCC(=Cc1cnc(Cl)c(C#N)c1)B1OC(C)(C)C(C)(C)O1. The van der Waals surface area contributed by atoms with Crippen LogP contribution in [0.3, 0.4) is 0 Å². The van der Waals surface area contributed by atoms with Gasteiger partial charge in [-0.15, -0.1) is 0 Å². The first-order valence-corrected chi connectivity index (χ1v) is 8.30. The molecule has 0 unspecified atom stereocenters. The second-order valence-corrected chi connectivity index (χ2v) is 7.29. The Balaban J connectivity index is 2.37. The average molecular weight is 362 g/mol. The maximum absolute atomic E-state index is 11.3. The van der Waals surface area contributed by atoms with Crippen LogP contribution in [0.4, 0.5) is 0 Å². The minimum absolute atomic E-state index is 0.152. The second kappa shape index (κ2) is 7.16. The van der Waals surface area contributed by atoms with E-state index in [2.05, 4.69) is 10.3 Å². The molecule has 132 valence electrons. The van der Waals surface area contributed by atoms with E-state index in [1.165, 1.54) is 6.92 Å². The molecule has 6 nitrogen and oxygen atoms in total. The van der Waals surface area contributed by atoms with Crippen LogP contribution < -0.4 is 5.32 Å². The zero-order valence-corrected chi connectivity index (χ0v) is 15.8. The standard InChI is InChI=1S/C17H21BClN3O3/c1-11(23)21-10-14(18-24-16(2,3)17(4,5)25-18)7-12-6-13(8-20)15(19)22-9-12/h6-7,9H,10H2,1-5H3,(H,21,23). The molecular weight excluding hydrogens is 340 g/mol. The molecular formula is C17H21BClN3O3. The summed E-state index contributed by atoms with van der Waals surface area (Å²) in [6.07, 6.45) is 3.35. The number of amides is 1. The van der Waals surface area contributed by atoms with E-state index in [0.29, 0.717) is 5.56 Å². The first kappa shape index (κ1) is 19.4. The van der Waals surface area contributed by atoms with Crippen molar-refractivity contribution in [2.24, 2.45) is 0 Å². The van der Waals surface area contributed by atoms with Crippen LogP contribution in [0.1, 0.15) is 45.7 Å². The van der Waals surface area contributed by atoms with E-state index in [-0.39, 0.29) is 23.2 Å². The number of rotatable bonds is 4. The van der Waals surface area contributed by atoms with Gasteiger partial charge in [-0.25, -0.2) is 4.98 Å². The Morgan fingerprint density at radius 1 is 1.40 bits per heavy atom. The fraction of sp³-hybridized carbons (Fsp3) is 0.471. The van der Waals surface area contributed by atoms with Crippen LogP contribution >= 0.6 is 11.6 Å². The molecule has 0 atom stereocenters. The van der Waals surface area contributed by atoms with Crippen LogP contribution in [-0.4, -0.2) is 35.8 Å². The molecule has 0 saturated carbocycles. The molecule has 0 aliphatic carbocycles. The number of nitrogens with one attached hydrogen (secondary N) is 1. The van der Waals surface area contributed by atoms with E-state index < -0.39 is 18.3 Å². The van der Waals surface area contributed by atoms with Crippen molar-refractivity contribution in [3.63, 3.8) is 0 Å². The number of carbonyl (C=O) groups is 1. The average Bonchev–Trinajstić information content (AvgIpc) is 2.73. The lowest BCUT2D eigenvalue weighted by molar-refractivity contribution is -0.118. The maximum atomic E-state index is 11.3. The van der Waals surface area contributed by atoms with Gasteiger partial charge in [0.05, 0.1) is 16.8 Å². The third kappa shape index (κ3) is 4.40. The van der Waals surface area contributed by atoms with Crippen LogP contribution in [0.5, 0.6) is 0 Å². The molecule has 0 spiro atoms. The van der Waals surface area contributed by atoms with Gasteiger partial charge < -0.3 is 14.6 Å². The van der Waals surface area contributed by atoms with E-state index in [1.807, 2.05) is 33.8 Å². The number of halogens is 1. The number of pyridine rings is 1. The first-order chi connectivity index (χ1) is 11.6. The number of nitriles is 1. The third-order valence-electron chi connectivity index (χ3n) is 4.43. The fourth-order valence-corrected chi connectivity index (χ4v) is 2.40. The summed E-state index contributed by atoms with van der Waals surface area (Å²) < 4.78 is 12.1. The first-order valence-electron chi connectivity index (χ1n) is 7.92. The number of hydrogen-bond acceptors (Lipinski definition) is 5. The van der Waals surface area contributed by atoms with Crippen LogP contribution in [0.2, 0.25) is 5.15 Å². The van der Waals surface area contributed by atoms with E-state index in [9.17, 15) is 4.79 Å². The van der Waals surface area contributed by atoms with Crippen LogP contribution in [0.25, 0.3) is 6.08 Å². The van der Waals surface area contributed by atoms with Crippen molar-refractivity contribution >= 4 is 30.7 Å². The summed E-state index contributed by atoms with van der Waals surface area (Å²) in [6.45, 7) is 9.54. The predicted molar refractivity (Wildman–Crippen MR) is 96.7 cm³/mol. The van der Waals surface area contributed by atoms with E-state index >= 15 is 0 Å². The van der Waals surface area contributed by atoms with Crippen molar-refractivity contribution in [2.75, 3.05) is 6.54 Å². The lowest BCUT2D eigenvalue weighted by atomic mass is 9.77. The zero-order valence-electron chi connectivity index (χ0n) is 15.0. The Bertz CT molecular complexity index is 740. The van der Waals surface area contributed by atoms with Crippen LogP contribution in [0, 0.1) is 11.3 Å². The molecule has 0 bridgehead atoms. The second-order valence-electron chi connectivity index (χ2n) is 6.94. The van der Waals surface area contributed by atoms with Gasteiger partial charge in [0.2, 0.25) is 5.91 Å². The number of aromatic nitrogens is 1. The van der Waals surface area contributed by atoms with Gasteiger partial charge in [-0.2, -0.15) is 5.26 Å². The van der Waals surface area contributed by atoms with Gasteiger partial charge in [0.1, 0.15) is 11.2 Å². The molecule has 1 aliphatic heterocycles. The Kier molecular flexibility index (Phi) is 5.57. The Morgan fingerprint density at radius 2 is 2.00 bits per heavy atom. The third-order valence-corrected chi connectivity index (χ3v) is 4.73. The number of carbonyl (C=O) groups excluding carboxylic acids is 1. The molecule has 1 fully saturated rings. The van der Waals surface area contributed by atoms with Crippen molar-refractivity contribution in [1.82, 2.24) is 10.3 Å². The summed E-state index contributed by atoms with van der Waals surface area (Å²) >= 11 is 5.88. The fourth-order valence-electron chi connectivity index (χ4n) is 2.26. The van der Waals surface area contributed by atoms with Crippen LogP contribution in [0.15, 0.2) is 17.7 Å². The highest BCUT2D eigenvalue weighted by molar-refractivity contribution is 6.56. The molecule has 1 N–H and O–H groups in total. The van der Waals surface area contributed by atoms with Gasteiger partial charge in [0, 0.05) is 19.7 Å². The Hall–Kier alpha value is -1.88. The van der Waals surface area contributed by atoms with Gasteiger partial charge in [0.25, 0.3) is 0 Å². The van der Waals surface area contributed by atoms with Gasteiger partial charge in [-0.1, -0.05) is 17.7 Å². The molecule has 1 aliphatic rings. The van der Waals surface area contributed by atoms with Crippen molar-refractivity contribution in [3.05, 3.63) is 34.0 Å².